The van der Waals surface area contributed by atoms with Gasteiger partial charge < -0.3 is 4.90 Å². The zero-order valence-corrected chi connectivity index (χ0v) is 14.9. The third kappa shape index (κ3) is 2.83. The minimum atomic E-state index is -3.22. The van der Waals surface area contributed by atoms with Crippen LogP contribution in [0.1, 0.15) is 26.7 Å². The quantitative estimate of drug-likeness (QED) is 0.578. The molecular formula is C13H18BrN3O4S. The molecule has 0 N–H and O–H groups in total. The van der Waals surface area contributed by atoms with E-state index in [1.165, 1.54) is 12.3 Å². The van der Waals surface area contributed by atoms with Gasteiger partial charge in [0.05, 0.1) is 15.4 Å². The van der Waals surface area contributed by atoms with Crippen molar-refractivity contribution in [2.45, 2.75) is 31.4 Å². The minimum Gasteiger partial charge on any atom is -0.348 e. The van der Waals surface area contributed by atoms with E-state index in [-0.39, 0.29) is 30.3 Å². The van der Waals surface area contributed by atoms with Crippen LogP contribution >= 0.6 is 15.9 Å². The number of aromatic nitrogens is 1. The van der Waals surface area contributed by atoms with Crippen LogP contribution < -0.4 is 4.90 Å². The van der Waals surface area contributed by atoms with E-state index in [4.69, 9.17) is 0 Å². The molecule has 0 aliphatic carbocycles. The molecule has 7 nitrogen and oxygen atoms in total. The van der Waals surface area contributed by atoms with E-state index in [0.29, 0.717) is 17.3 Å². The predicted octanol–water partition coefficient (Wildman–Crippen LogP) is 2.55. The van der Waals surface area contributed by atoms with Gasteiger partial charge in [-0.25, -0.2) is 13.4 Å². The average Bonchev–Trinajstić information content (AvgIpc) is 2.47. The summed E-state index contributed by atoms with van der Waals surface area (Å²) in [6.07, 6.45) is 2.45. The number of rotatable bonds is 4. The summed E-state index contributed by atoms with van der Waals surface area (Å²) in [5, 5.41) is 11.2. The number of halogens is 1. The van der Waals surface area contributed by atoms with Gasteiger partial charge >= 0.3 is 5.69 Å². The van der Waals surface area contributed by atoms with Gasteiger partial charge in [0.25, 0.3) is 0 Å². The first-order valence-corrected chi connectivity index (χ1v) is 9.48. The molecule has 0 radical (unpaired) electrons. The molecule has 2 rings (SSSR count). The summed E-state index contributed by atoms with van der Waals surface area (Å²) in [7, 11) is -3.22. The molecule has 1 fully saturated rings. The van der Waals surface area contributed by atoms with Crippen molar-refractivity contribution in [3.63, 3.8) is 0 Å². The van der Waals surface area contributed by atoms with Crippen molar-refractivity contribution < 1.29 is 13.3 Å². The molecule has 1 aliphatic rings. The van der Waals surface area contributed by atoms with Crippen LogP contribution in [0.2, 0.25) is 0 Å². The SMILES string of the molecule is CCC1(CC)CN(c2ncc(Br)cc2[N+](=O)[O-])CCS1(=O)=O. The highest BCUT2D eigenvalue weighted by Crippen LogP contribution is 2.36. The van der Waals surface area contributed by atoms with E-state index in [1.54, 1.807) is 4.90 Å². The van der Waals surface area contributed by atoms with Crippen molar-refractivity contribution in [1.29, 1.82) is 0 Å². The summed E-state index contributed by atoms with van der Waals surface area (Å²) < 4.78 is 24.5. The van der Waals surface area contributed by atoms with Crippen LogP contribution in [0.25, 0.3) is 0 Å². The number of pyridine rings is 1. The Morgan fingerprint density at radius 1 is 1.45 bits per heavy atom. The average molecular weight is 392 g/mol. The molecule has 22 heavy (non-hydrogen) atoms. The number of anilines is 1. The molecule has 2 heterocycles. The first-order valence-electron chi connectivity index (χ1n) is 7.03. The van der Waals surface area contributed by atoms with Gasteiger partial charge in [-0.1, -0.05) is 13.8 Å². The van der Waals surface area contributed by atoms with Gasteiger partial charge in [-0.2, -0.15) is 0 Å². The van der Waals surface area contributed by atoms with E-state index in [1.807, 2.05) is 13.8 Å². The Kier molecular flexibility index (Phi) is 4.76. The van der Waals surface area contributed by atoms with Crippen LogP contribution in [-0.4, -0.2) is 41.9 Å². The van der Waals surface area contributed by atoms with Crippen molar-refractivity contribution in [1.82, 2.24) is 4.98 Å². The monoisotopic (exact) mass is 391 g/mol. The molecule has 1 aromatic heterocycles. The Morgan fingerprint density at radius 2 is 2.09 bits per heavy atom. The molecule has 1 aliphatic heterocycles. The lowest BCUT2D eigenvalue weighted by molar-refractivity contribution is -0.384. The van der Waals surface area contributed by atoms with Crippen LogP contribution in [0.15, 0.2) is 16.7 Å². The highest BCUT2D eigenvalue weighted by molar-refractivity contribution is 9.10. The fraction of sp³-hybridized carbons (Fsp3) is 0.615. The zero-order chi connectivity index (χ0) is 16.5. The number of hydrogen-bond acceptors (Lipinski definition) is 6. The van der Waals surface area contributed by atoms with Crippen LogP contribution in [0.4, 0.5) is 11.5 Å². The Morgan fingerprint density at radius 3 is 2.64 bits per heavy atom. The van der Waals surface area contributed by atoms with E-state index >= 15 is 0 Å². The third-order valence-electron chi connectivity index (χ3n) is 4.37. The number of nitro groups is 1. The Labute approximate surface area is 137 Å². The van der Waals surface area contributed by atoms with Crippen molar-refractivity contribution in [3.05, 3.63) is 26.9 Å². The lowest BCUT2D eigenvalue weighted by Gasteiger charge is -2.41. The normalized spacial score (nSPS) is 19.9. The lowest BCUT2D eigenvalue weighted by atomic mass is 10.0. The largest absolute Gasteiger partial charge is 0.348 e. The molecule has 0 unspecified atom stereocenters. The third-order valence-corrected chi connectivity index (χ3v) is 7.55. The van der Waals surface area contributed by atoms with Crippen LogP contribution in [-0.2, 0) is 9.84 Å². The van der Waals surface area contributed by atoms with Crippen LogP contribution in [0.3, 0.4) is 0 Å². The van der Waals surface area contributed by atoms with Gasteiger partial charge in [0.1, 0.15) is 0 Å². The van der Waals surface area contributed by atoms with Gasteiger partial charge in [0.2, 0.25) is 5.82 Å². The second kappa shape index (κ2) is 6.11. The standard InChI is InChI=1S/C13H18BrN3O4S/c1-3-13(4-2)9-16(5-6-22(13,20)21)12-11(17(18)19)7-10(14)8-15-12/h7-8H,3-6,9H2,1-2H3. The molecule has 122 valence electrons. The van der Waals surface area contributed by atoms with Crippen molar-refractivity contribution in [3.8, 4) is 0 Å². The van der Waals surface area contributed by atoms with Gasteiger partial charge in [0.15, 0.2) is 9.84 Å². The van der Waals surface area contributed by atoms with E-state index in [0.717, 1.165) is 0 Å². The number of sulfone groups is 1. The summed E-state index contributed by atoms with van der Waals surface area (Å²) in [6, 6.07) is 1.39. The second-order valence-corrected chi connectivity index (χ2v) is 8.80. The molecule has 0 saturated carbocycles. The fourth-order valence-electron chi connectivity index (χ4n) is 2.87. The molecular weight excluding hydrogens is 374 g/mol. The minimum absolute atomic E-state index is 0.0103. The molecule has 0 aromatic carbocycles. The summed E-state index contributed by atoms with van der Waals surface area (Å²) in [6.45, 7) is 4.14. The lowest BCUT2D eigenvalue weighted by Crippen LogP contribution is -2.56. The molecule has 1 saturated heterocycles. The summed E-state index contributed by atoms with van der Waals surface area (Å²) in [4.78, 5) is 16.6. The molecule has 0 atom stereocenters. The Bertz CT molecular complexity index is 689. The zero-order valence-electron chi connectivity index (χ0n) is 12.5. The van der Waals surface area contributed by atoms with Crippen molar-refractivity contribution in [2.75, 3.05) is 23.7 Å². The van der Waals surface area contributed by atoms with Crippen molar-refractivity contribution in [2.24, 2.45) is 0 Å². The number of hydrogen-bond donors (Lipinski definition) is 0. The maximum Gasteiger partial charge on any atom is 0.312 e. The molecule has 9 heteroatoms. The smallest absolute Gasteiger partial charge is 0.312 e. The van der Waals surface area contributed by atoms with Gasteiger partial charge in [0, 0.05) is 29.8 Å². The molecule has 0 bridgehead atoms. The Balaban J connectivity index is 2.46. The molecule has 1 aromatic rings. The van der Waals surface area contributed by atoms with Gasteiger partial charge in [-0.15, -0.1) is 0 Å². The first-order chi connectivity index (χ1) is 10.3. The maximum atomic E-state index is 12.4. The molecule has 0 spiro atoms. The summed E-state index contributed by atoms with van der Waals surface area (Å²) >= 11 is 3.18. The fourth-order valence-corrected chi connectivity index (χ4v) is 5.31. The summed E-state index contributed by atoms with van der Waals surface area (Å²) in [5.41, 5.74) is -0.116. The molecule has 0 amide bonds. The predicted molar refractivity (Wildman–Crippen MR) is 87.9 cm³/mol. The maximum absolute atomic E-state index is 12.4. The van der Waals surface area contributed by atoms with Crippen molar-refractivity contribution >= 4 is 37.3 Å². The van der Waals surface area contributed by atoms with Gasteiger partial charge in [-0.3, -0.25) is 10.1 Å². The van der Waals surface area contributed by atoms with E-state index in [2.05, 4.69) is 20.9 Å². The van der Waals surface area contributed by atoms with E-state index in [9.17, 15) is 18.5 Å². The highest BCUT2D eigenvalue weighted by atomic mass is 79.9. The Hall–Kier alpha value is -1.22. The van der Waals surface area contributed by atoms with Crippen LogP contribution in [0.5, 0.6) is 0 Å². The number of nitrogens with zero attached hydrogens (tertiary/aromatic N) is 3. The van der Waals surface area contributed by atoms with Gasteiger partial charge in [-0.05, 0) is 28.8 Å². The van der Waals surface area contributed by atoms with E-state index < -0.39 is 19.5 Å². The highest BCUT2D eigenvalue weighted by Gasteiger charge is 2.46. The first kappa shape index (κ1) is 17.1. The topological polar surface area (TPSA) is 93.4 Å². The summed E-state index contributed by atoms with van der Waals surface area (Å²) in [5.74, 6) is 0.221. The van der Waals surface area contributed by atoms with Crippen LogP contribution in [0, 0.1) is 10.1 Å². The second-order valence-electron chi connectivity index (χ2n) is 5.38.